The summed E-state index contributed by atoms with van der Waals surface area (Å²) in [7, 11) is 1.58. The zero-order valence-electron chi connectivity index (χ0n) is 14.3. The van der Waals surface area contributed by atoms with E-state index in [9.17, 15) is 9.18 Å². The lowest BCUT2D eigenvalue weighted by atomic mass is 10.2. The van der Waals surface area contributed by atoms with Gasteiger partial charge in [-0.25, -0.2) is 4.39 Å². The molecule has 130 valence electrons. The Morgan fingerprint density at radius 2 is 1.92 bits per heavy atom. The maximum absolute atomic E-state index is 13.1. The number of carbonyl (C=O) groups excluding carboxylic acids is 1. The number of furan rings is 1. The van der Waals surface area contributed by atoms with Crippen molar-refractivity contribution in [1.82, 2.24) is 4.90 Å². The van der Waals surface area contributed by atoms with E-state index in [1.54, 1.807) is 36.3 Å². The molecule has 0 aliphatic heterocycles. The maximum Gasteiger partial charge on any atom is 0.289 e. The monoisotopic (exact) mass is 333 g/mol. The van der Waals surface area contributed by atoms with Gasteiger partial charge in [0.1, 0.15) is 18.2 Å². The van der Waals surface area contributed by atoms with E-state index < -0.39 is 0 Å². The molecule has 0 fully saturated rings. The molecule has 2 rings (SSSR count). The van der Waals surface area contributed by atoms with Crippen LogP contribution in [0, 0.1) is 5.82 Å². The third kappa shape index (κ3) is 5.20. The summed E-state index contributed by atoms with van der Waals surface area (Å²) in [6.07, 6.45) is 3.06. The van der Waals surface area contributed by atoms with Crippen LogP contribution in [0.25, 0.3) is 0 Å². The van der Waals surface area contributed by atoms with Crippen molar-refractivity contribution >= 4 is 5.91 Å². The van der Waals surface area contributed by atoms with Crippen molar-refractivity contribution in [3.63, 3.8) is 0 Å². The third-order valence-electron chi connectivity index (χ3n) is 3.76. The number of ether oxygens (including phenoxy) is 1. The summed E-state index contributed by atoms with van der Waals surface area (Å²) in [6.45, 7) is 3.53. The standard InChI is InChI=1S/C19H24FNO3/c1-3-4-5-12-21(13-15-6-8-16(20)9-7-15)19(22)18-11-10-17(24-18)14-23-2/h6-11H,3-5,12-14H2,1-2H3. The number of unbranched alkanes of at least 4 members (excludes halogenated alkanes) is 2. The first-order valence-corrected chi connectivity index (χ1v) is 8.25. The summed E-state index contributed by atoms with van der Waals surface area (Å²) < 4.78 is 23.6. The fraction of sp³-hybridized carbons (Fsp3) is 0.421. The van der Waals surface area contributed by atoms with E-state index >= 15 is 0 Å². The fourth-order valence-corrected chi connectivity index (χ4v) is 2.48. The molecule has 0 N–H and O–H groups in total. The molecule has 0 radical (unpaired) electrons. The van der Waals surface area contributed by atoms with Gasteiger partial charge in [-0.15, -0.1) is 0 Å². The van der Waals surface area contributed by atoms with Gasteiger partial charge in [0.2, 0.25) is 0 Å². The highest BCUT2D eigenvalue weighted by Crippen LogP contribution is 2.15. The molecule has 2 aromatic rings. The molecule has 1 heterocycles. The first-order valence-electron chi connectivity index (χ1n) is 8.25. The summed E-state index contributed by atoms with van der Waals surface area (Å²) in [4.78, 5) is 14.5. The smallest absolute Gasteiger partial charge is 0.289 e. The Kier molecular flexibility index (Phi) is 7.00. The van der Waals surface area contributed by atoms with Crippen LogP contribution in [-0.4, -0.2) is 24.5 Å². The van der Waals surface area contributed by atoms with E-state index in [1.165, 1.54) is 12.1 Å². The van der Waals surface area contributed by atoms with Crippen LogP contribution in [0.5, 0.6) is 0 Å². The maximum atomic E-state index is 13.1. The van der Waals surface area contributed by atoms with Crippen molar-refractivity contribution in [1.29, 1.82) is 0 Å². The average Bonchev–Trinajstić information content (AvgIpc) is 3.04. The van der Waals surface area contributed by atoms with Crippen molar-refractivity contribution in [3.8, 4) is 0 Å². The lowest BCUT2D eigenvalue weighted by molar-refractivity contribution is 0.0700. The van der Waals surface area contributed by atoms with Gasteiger partial charge >= 0.3 is 0 Å². The van der Waals surface area contributed by atoms with Crippen LogP contribution in [0.15, 0.2) is 40.8 Å². The Balaban J connectivity index is 2.10. The molecule has 1 amide bonds. The van der Waals surface area contributed by atoms with Gasteiger partial charge in [0.25, 0.3) is 5.91 Å². The molecule has 1 aromatic heterocycles. The number of amides is 1. The van der Waals surface area contributed by atoms with Crippen molar-refractivity contribution in [3.05, 3.63) is 59.3 Å². The van der Waals surface area contributed by atoms with Crippen LogP contribution in [0.1, 0.15) is 48.1 Å². The molecule has 0 saturated carbocycles. The Morgan fingerprint density at radius 1 is 1.17 bits per heavy atom. The first kappa shape index (κ1) is 18.2. The summed E-state index contributed by atoms with van der Waals surface area (Å²) in [6, 6.07) is 9.65. The van der Waals surface area contributed by atoms with Crippen LogP contribution in [0.3, 0.4) is 0 Å². The second kappa shape index (κ2) is 9.23. The number of hydrogen-bond donors (Lipinski definition) is 0. The second-order valence-electron chi connectivity index (χ2n) is 5.76. The number of carbonyl (C=O) groups is 1. The number of hydrogen-bond acceptors (Lipinski definition) is 3. The van der Waals surface area contributed by atoms with Crippen LogP contribution >= 0.6 is 0 Å². The van der Waals surface area contributed by atoms with E-state index in [4.69, 9.17) is 9.15 Å². The highest BCUT2D eigenvalue weighted by molar-refractivity contribution is 5.91. The minimum absolute atomic E-state index is 0.155. The van der Waals surface area contributed by atoms with Gasteiger partial charge in [0, 0.05) is 20.2 Å². The number of rotatable bonds is 9. The lowest BCUT2D eigenvalue weighted by Crippen LogP contribution is -2.31. The van der Waals surface area contributed by atoms with E-state index in [-0.39, 0.29) is 11.7 Å². The zero-order chi connectivity index (χ0) is 17.4. The van der Waals surface area contributed by atoms with Gasteiger partial charge in [-0.1, -0.05) is 31.9 Å². The zero-order valence-corrected chi connectivity index (χ0v) is 14.3. The number of halogens is 1. The molecule has 0 unspecified atom stereocenters. The molecule has 0 bridgehead atoms. The van der Waals surface area contributed by atoms with Gasteiger partial charge in [0.05, 0.1) is 0 Å². The summed E-state index contributed by atoms with van der Waals surface area (Å²) in [5.41, 5.74) is 0.893. The molecular formula is C19H24FNO3. The van der Waals surface area contributed by atoms with E-state index in [1.807, 2.05) is 0 Å². The van der Waals surface area contributed by atoms with Crippen molar-refractivity contribution in [2.24, 2.45) is 0 Å². The molecule has 0 saturated heterocycles. The molecule has 0 aliphatic rings. The third-order valence-corrected chi connectivity index (χ3v) is 3.76. The van der Waals surface area contributed by atoms with Crippen LogP contribution in [0.4, 0.5) is 4.39 Å². The largest absolute Gasteiger partial charge is 0.453 e. The number of nitrogens with zero attached hydrogens (tertiary/aromatic N) is 1. The topological polar surface area (TPSA) is 42.7 Å². The van der Waals surface area contributed by atoms with Crippen LogP contribution in [-0.2, 0) is 17.9 Å². The molecule has 0 atom stereocenters. The highest BCUT2D eigenvalue weighted by Gasteiger charge is 2.19. The number of methoxy groups -OCH3 is 1. The van der Waals surface area contributed by atoms with Crippen LogP contribution in [0.2, 0.25) is 0 Å². The van der Waals surface area contributed by atoms with E-state index in [0.717, 1.165) is 24.8 Å². The van der Waals surface area contributed by atoms with Gasteiger partial charge in [0.15, 0.2) is 5.76 Å². The van der Waals surface area contributed by atoms with Crippen molar-refractivity contribution in [2.75, 3.05) is 13.7 Å². The second-order valence-corrected chi connectivity index (χ2v) is 5.76. The predicted octanol–water partition coefficient (Wildman–Crippen LogP) is 4.40. The SMILES string of the molecule is CCCCCN(Cc1ccc(F)cc1)C(=O)c1ccc(COC)o1. The molecule has 1 aromatic carbocycles. The van der Waals surface area contributed by atoms with E-state index in [2.05, 4.69) is 6.92 Å². The van der Waals surface area contributed by atoms with Gasteiger partial charge in [-0.3, -0.25) is 4.79 Å². The summed E-state index contributed by atoms with van der Waals surface area (Å²) in [5, 5.41) is 0. The van der Waals surface area contributed by atoms with Crippen LogP contribution < -0.4 is 0 Å². The quantitative estimate of drug-likeness (QED) is 0.639. The van der Waals surface area contributed by atoms with Gasteiger partial charge in [-0.2, -0.15) is 0 Å². The average molecular weight is 333 g/mol. The Morgan fingerprint density at radius 3 is 2.58 bits per heavy atom. The first-order chi connectivity index (χ1) is 11.6. The number of benzene rings is 1. The molecule has 0 aliphatic carbocycles. The van der Waals surface area contributed by atoms with Crippen molar-refractivity contribution < 1.29 is 18.3 Å². The lowest BCUT2D eigenvalue weighted by Gasteiger charge is -2.22. The predicted molar refractivity (Wildman–Crippen MR) is 90.1 cm³/mol. The molecule has 0 spiro atoms. The molecule has 5 heteroatoms. The molecule has 24 heavy (non-hydrogen) atoms. The van der Waals surface area contributed by atoms with Crippen molar-refractivity contribution in [2.45, 2.75) is 39.3 Å². The Bertz CT molecular complexity index is 636. The molecular weight excluding hydrogens is 309 g/mol. The Hall–Kier alpha value is -2.14. The summed E-state index contributed by atoms with van der Waals surface area (Å²) >= 11 is 0. The van der Waals surface area contributed by atoms with Gasteiger partial charge < -0.3 is 14.1 Å². The normalized spacial score (nSPS) is 10.8. The molecule has 4 nitrogen and oxygen atoms in total. The Labute approximate surface area is 142 Å². The van der Waals surface area contributed by atoms with E-state index in [0.29, 0.717) is 31.2 Å². The van der Waals surface area contributed by atoms with Gasteiger partial charge in [-0.05, 0) is 36.2 Å². The fourth-order valence-electron chi connectivity index (χ4n) is 2.48. The minimum atomic E-state index is -0.280. The minimum Gasteiger partial charge on any atom is -0.453 e. The highest BCUT2D eigenvalue weighted by atomic mass is 19.1. The summed E-state index contributed by atoms with van der Waals surface area (Å²) in [5.74, 6) is 0.493.